The average molecular weight is 253 g/mol. The summed E-state index contributed by atoms with van der Waals surface area (Å²) in [6, 6.07) is 1.43. The lowest BCUT2D eigenvalue weighted by atomic mass is 10.1. The van der Waals surface area contributed by atoms with E-state index < -0.39 is 5.97 Å². The van der Waals surface area contributed by atoms with E-state index in [1.807, 2.05) is 0 Å². The molecule has 2 rings (SSSR count). The van der Waals surface area contributed by atoms with Crippen molar-refractivity contribution in [2.24, 2.45) is 5.92 Å². The van der Waals surface area contributed by atoms with Crippen molar-refractivity contribution < 1.29 is 23.8 Å². The van der Waals surface area contributed by atoms with Gasteiger partial charge in [-0.2, -0.15) is 0 Å². The molecule has 1 aromatic rings. The molecule has 0 radical (unpaired) electrons. The molecule has 1 aliphatic rings. The van der Waals surface area contributed by atoms with E-state index >= 15 is 0 Å². The van der Waals surface area contributed by atoms with E-state index in [1.54, 1.807) is 6.92 Å². The van der Waals surface area contributed by atoms with Crippen LogP contribution < -0.4 is 5.32 Å². The highest BCUT2D eigenvalue weighted by molar-refractivity contribution is 5.88. The first-order valence-electron chi connectivity index (χ1n) is 5.76. The highest BCUT2D eigenvalue weighted by Crippen LogP contribution is 2.16. The maximum Gasteiger partial charge on any atom is 0.339 e. The zero-order chi connectivity index (χ0) is 13.1. The summed E-state index contributed by atoms with van der Waals surface area (Å²) < 4.78 is 10.4. The van der Waals surface area contributed by atoms with Gasteiger partial charge in [0.05, 0.1) is 19.1 Å². The maximum atomic E-state index is 11.7. The van der Waals surface area contributed by atoms with Crippen molar-refractivity contribution in [1.82, 2.24) is 5.32 Å². The van der Waals surface area contributed by atoms with Crippen LogP contribution in [-0.2, 0) is 16.1 Å². The summed E-state index contributed by atoms with van der Waals surface area (Å²) in [5, 5.41) is 11.6. The van der Waals surface area contributed by atoms with Crippen LogP contribution in [0.25, 0.3) is 0 Å². The second-order valence-electron chi connectivity index (χ2n) is 4.27. The fourth-order valence-electron chi connectivity index (χ4n) is 1.90. The Morgan fingerprint density at radius 1 is 1.56 bits per heavy atom. The van der Waals surface area contributed by atoms with Crippen molar-refractivity contribution in [3.8, 4) is 0 Å². The minimum Gasteiger partial charge on any atom is -0.478 e. The van der Waals surface area contributed by atoms with Gasteiger partial charge in [-0.25, -0.2) is 4.79 Å². The topological polar surface area (TPSA) is 88.8 Å². The number of carbonyl (C=O) groups excluding carboxylic acids is 1. The first-order valence-corrected chi connectivity index (χ1v) is 5.76. The Kier molecular flexibility index (Phi) is 3.66. The molecule has 2 N–H and O–H groups in total. The molecule has 1 fully saturated rings. The summed E-state index contributed by atoms with van der Waals surface area (Å²) in [5.41, 5.74) is 0.128. The quantitative estimate of drug-likeness (QED) is 0.833. The predicted molar refractivity (Wildman–Crippen MR) is 61.2 cm³/mol. The minimum absolute atomic E-state index is 0.0848. The second-order valence-corrected chi connectivity index (χ2v) is 4.27. The number of hydrogen-bond acceptors (Lipinski definition) is 4. The lowest BCUT2D eigenvalue weighted by molar-refractivity contribution is -0.125. The maximum absolute atomic E-state index is 11.7. The van der Waals surface area contributed by atoms with Gasteiger partial charge in [0.15, 0.2) is 0 Å². The third kappa shape index (κ3) is 2.70. The fourth-order valence-corrected chi connectivity index (χ4v) is 1.90. The summed E-state index contributed by atoms with van der Waals surface area (Å²) >= 11 is 0. The molecule has 98 valence electrons. The third-order valence-electron chi connectivity index (χ3n) is 2.94. The smallest absolute Gasteiger partial charge is 0.339 e. The van der Waals surface area contributed by atoms with Gasteiger partial charge in [0.1, 0.15) is 17.1 Å². The molecule has 0 saturated carbocycles. The van der Waals surface area contributed by atoms with Gasteiger partial charge < -0.3 is 19.6 Å². The molecule has 1 atom stereocenters. The molecule has 18 heavy (non-hydrogen) atoms. The van der Waals surface area contributed by atoms with Crippen LogP contribution in [0.1, 0.15) is 28.3 Å². The van der Waals surface area contributed by atoms with E-state index in [2.05, 4.69) is 5.32 Å². The van der Waals surface area contributed by atoms with Crippen molar-refractivity contribution in [2.75, 3.05) is 13.2 Å². The average Bonchev–Trinajstić information content (AvgIpc) is 2.94. The summed E-state index contributed by atoms with van der Waals surface area (Å²) in [6.45, 7) is 2.84. The fraction of sp³-hybridized carbons (Fsp3) is 0.500. The van der Waals surface area contributed by atoms with Crippen LogP contribution in [0.2, 0.25) is 0 Å². The summed E-state index contributed by atoms with van der Waals surface area (Å²) in [4.78, 5) is 22.5. The Hall–Kier alpha value is -1.82. The van der Waals surface area contributed by atoms with Gasteiger partial charge in [0, 0.05) is 6.61 Å². The molecule has 0 aromatic carbocycles. The van der Waals surface area contributed by atoms with E-state index in [0.29, 0.717) is 24.7 Å². The SMILES string of the molecule is Cc1oc(CNC(=O)C2CCOC2)cc1C(=O)O. The Labute approximate surface area is 104 Å². The van der Waals surface area contributed by atoms with Crippen molar-refractivity contribution >= 4 is 11.9 Å². The Morgan fingerprint density at radius 2 is 2.33 bits per heavy atom. The lowest BCUT2D eigenvalue weighted by Crippen LogP contribution is -2.30. The molecule has 1 aromatic heterocycles. The van der Waals surface area contributed by atoms with E-state index in [1.165, 1.54) is 6.07 Å². The van der Waals surface area contributed by atoms with Crippen LogP contribution in [-0.4, -0.2) is 30.2 Å². The normalized spacial score (nSPS) is 18.8. The van der Waals surface area contributed by atoms with Crippen LogP contribution in [0.15, 0.2) is 10.5 Å². The number of carboxylic acid groups (broad SMARTS) is 1. The largest absolute Gasteiger partial charge is 0.478 e. The Morgan fingerprint density at radius 3 is 2.89 bits per heavy atom. The first kappa shape index (κ1) is 12.6. The standard InChI is InChI=1S/C12H15NO5/c1-7-10(12(15)16)4-9(18-7)5-13-11(14)8-2-3-17-6-8/h4,8H,2-3,5-6H2,1H3,(H,13,14)(H,15,16). The predicted octanol–water partition coefficient (Wildman–Crippen LogP) is 0.939. The van der Waals surface area contributed by atoms with Gasteiger partial charge in [0.25, 0.3) is 0 Å². The number of amides is 1. The van der Waals surface area contributed by atoms with Crippen LogP contribution in [0.4, 0.5) is 0 Å². The molecule has 1 aliphatic heterocycles. The van der Waals surface area contributed by atoms with Crippen LogP contribution in [0.5, 0.6) is 0 Å². The number of furan rings is 1. The first-order chi connectivity index (χ1) is 8.58. The Bertz CT molecular complexity index is 459. The van der Waals surface area contributed by atoms with Crippen molar-refractivity contribution in [1.29, 1.82) is 0 Å². The van der Waals surface area contributed by atoms with Gasteiger partial charge in [-0.1, -0.05) is 0 Å². The molecule has 1 amide bonds. The lowest BCUT2D eigenvalue weighted by Gasteiger charge is -2.07. The highest BCUT2D eigenvalue weighted by Gasteiger charge is 2.23. The summed E-state index contributed by atoms with van der Waals surface area (Å²) in [5.74, 6) is -0.440. The number of aryl methyl sites for hydroxylation is 1. The molecule has 6 heteroatoms. The molecule has 0 bridgehead atoms. The van der Waals surface area contributed by atoms with E-state index in [-0.39, 0.29) is 23.9 Å². The Balaban J connectivity index is 1.91. The van der Waals surface area contributed by atoms with Crippen molar-refractivity contribution in [3.05, 3.63) is 23.2 Å². The number of hydrogen-bond donors (Lipinski definition) is 2. The number of ether oxygens (including phenoxy) is 1. The van der Waals surface area contributed by atoms with Crippen LogP contribution >= 0.6 is 0 Å². The third-order valence-corrected chi connectivity index (χ3v) is 2.94. The molecular formula is C12H15NO5. The molecule has 0 spiro atoms. The van der Waals surface area contributed by atoms with Crippen LogP contribution in [0.3, 0.4) is 0 Å². The van der Waals surface area contributed by atoms with E-state index in [4.69, 9.17) is 14.3 Å². The molecule has 2 heterocycles. The van der Waals surface area contributed by atoms with Gasteiger partial charge in [-0.05, 0) is 19.4 Å². The van der Waals surface area contributed by atoms with E-state index in [9.17, 15) is 9.59 Å². The number of carboxylic acids is 1. The molecule has 6 nitrogen and oxygen atoms in total. The van der Waals surface area contributed by atoms with Crippen molar-refractivity contribution in [2.45, 2.75) is 19.9 Å². The summed E-state index contributed by atoms with van der Waals surface area (Å²) in [7, 11) is 0. The van der Waals surface area contributed by atoms with Gasteiger partial charge >= 0.3 is 5.97 Å². The van der Waals surface area contributed by atoms with E-state index in [0.717, 1.165) is 6.42 Å². The number of rotatable bonds is 4. The zero-order valence-electron chi connectivity index (χ0n) is 10.1. The molecular weight excluding hydrogens is 238 g/mol. The van der Waals surface area contributed by atoms with Gasteiger partial charge in [-0.15, -0.1) is 0 Å². The molecule has 0 aliphatic carbocycles. The number of carbonyl (C=O) groups is 2. The number of nitrogens with one attached hydrogen (secondary N) is 1. The highest BCUT2D eigenvalue weighted by atomic mass is 16.5. The number of aromatic carboxylic acids is 1. The molecule has 1 saturated heterocycles. The van der Waals surface area contributed by atoms with Crippen LogP contribution in [0, 0.1) is 12.8 Å². The zero-order valence-corrected chi connectivity index (χ0v) is 10.1. The molecule has 1 unspecified atom stereocenters. The minimum atomic E-state index is -1.03. The van der Waals surface area contributed by atoms with Gasteiger partial charge in [0.2, 0.25) is 5.91 Å². The monoisotopic (exact) mass is 253 g/mol. The van der Waals surface area contributed by atoms with Crippen molar-refractivity contribution in [3.63, 3.8) is 0 Å². The summed E-state index contributed by atoms with van der Waals surface area (Å²) in [6.07, 6.45) is 0.726. The second kappa shape index (κ2) is 5.22. The van der Waals surface area contributed by atoms with Gasteiger partial charge in [-0.3, -0.25) is 4.79 Å².